The van der Waals surface area contributed by atoms with E-state index in [2.05, 4.69) is 19.2 Å². The molecule has 0 spiro atoms. The van der Waals surface area contributed by atoms with E-state index in [9.17, 15) is 0 Å². The Balaban J connectivity index is 2.78. The van der Waals surface area contributed by atoms with E-state index in [1.807, 2.05) is 42.5 Å². The third-order valence-electron chi connectivity index (χ3n) is 2.96. The fraction of sp³-hybridized carbons (Fsp3) is 0. The summed E-state index contributed by atoms with van der Waals surface area (Å²) in [6, 6.07) is 16.0. The van der Waals surface area contributed by atoms with Crippen molar-refractivity contribution >= 4 is 24.1 Å². The summed E-state index contributed by atoms with van der Waals surface area (Å²) in [7, 11) is 0. The van der Waals surface area contributed by atoms with Crippen LogP contribution in [0, 0.1) is 10.4 Å². The molecule has 1 nitrogen and oxygen atoms in total. The zero-order valence-corrected chi connectivity index (χ0v) is 9.44. The molecule has 1 heterocycles. The molecule has 1 heteroatoms. The van der Waals surface area contributed by atoms with Crippen LogP contribution in [-0.2, 0) is 0 Å². The Labute approximate surface area is 98.6 Å². The normalized spacial score (nSPS) is 12.9. The van der Waals surface area contributed by atoms with Crippen molar-refractivity contribution in [2.45, 2.75) is 0 Å². The first-order chi connectivity index (χ1) is 8.27. The van der Waals surface area contributed by atoms with Gasteiger partial charge in [0.25, 0.3) is 0 Å². The van der Waals surface area contributed by atoms with Crippen molar-refractivity contribution in [3.8, 4) is 0 Å². The van der Waals surface area contributed by atoms with Crippen molar-refractivity contribution in [1.29, 1.82) is 0 Å². The summed E-state index contributed by atoms with van der Waals surface area (Å²) in [5.41, 5.74) is 1.57. The lowest BCUT2D eigenvalue weighted by molar-refractivity contribution is 0.577. The van der Waals surface area contributed by atoms with E-state index < -0.39 is 0 Å². The van der Waals surface area contributed by atoms with Gasteiger partial charge in [-0.1, -0.05) is 55.6 Å². The lowest BCUT2D eigenvalue weighted by atomic mass is 10.1. The second-order valence-corrected chi connectivity index (χ2v) is 4.05. The van der Waals surface area contributed by atoms with Crippen LogP contribution in [0.25, 0.3) is 24.1 Å². The average Bonchev–Trinajstić information content (AvgIpc) is 2.66. The molecule has 0 saturated carbocycles. The van der Waals surface area contributed by atoms with Gasteiger partial charge in [-0.25, -0.2) is 0 Å². The third kappa shape index (κ3) is 1.48. The standard InChI is InChI=1S/C16H12O/c1-11-7-3-4-8-13(11)16-12(2)17-15-10-6-5-9-14(15)16/h3-10H,1-2H2/b16-13+. The van der Waals surface area contributed by atoms with Gasteiger partial charge in [-0.05, 0) is 16.5 Å². The predicted molar refractivity (Wildman–Crippen MR) is 70.6 cm³/mol. The van der Waals surface area contributed by atoms with Gasteiger partial charge >= 0.3 is 0 Å². The molecule has 0 fully saturated rings. The minimum atomic E-state index is 0.697. The third-order valence-corrected chi connectivity index (χ3v) is 2.96. The molecule has 0 unspecified atom stereocenters. The van der Waals surface area contributed by atoms with Crippen LogP contribution in [0.4, 0.5) is 0 Å². The van der Waals surface area contributed by atoms with Gasteiger partial charge in [0.1, 0.15) is 11.0 Å². The molecular weight excluding hydrogens is 208 g/mol. The largest absolute Gasteiger partial charge is 0.457 e. The van der Waals surface area contributed by atoms with Crippen LogP contribution in [0.2, 0.25) is 0 Å². The molecule has 3 rings (SSSR count). The van der Waals surface area contributed by atoms with E-state index in [0.717, 1.165) is 26.6 Å². The summed E-state index contributed by atoms with van der Waals surface area (Å²) in [6.07, 6.45) is 0. The van der Waals surface area contributed by atoms with Crippen LogP contribution in [0.1, 0.15) is 0 Å². The minimum Gasteiger partial charge on any atom is -0.457 e. The Morgan fingerprint density at radius 3 is 2.35 bits per heavy atom. The van der Waals surface area contributed by atoms with Gasteiger partial charge in [-0.2, -0.15) is 0 Å². The summed E-state index contributed by atoms with van der Waals surface area (Å²) in [5.74, 6) is 0. The quantitative estimate of drug-likeness (QED) is 0.567. The molecule has 0 aliphatic rings. The van der Waals surface area contributed by atoms with E-state index in [-0.39, 0.29) is 0 Å². The highest BCUT2D eigenvalue weighted by molar-refractivity contribution is 5.78. The summed E-state index contributed by atoms with van der Waals surface area (Å²) in [4.78, 5) is 0. The fourth-order valence-electron chi connectivity index (χ4n) is 2.16. The molecule has 0 radical (unpaired) electrons. The van der Waals surface area contributed by atoms with Crippen molar-refractivity contribution in [1.82, 2.24) is 0 Å². The van der Waals surface area contributed by atoms with E-state index in [1.54, 1.807) is 0 Å². The molecule has 0 aliphatic heterocycles. The predicted octanol–water partition coefficient (Wildman–Crippen LogP) is 2.54. The molecule has 0 N–H and O–H groups in total. The van der Waals surface area contributed by atoms with Crippen LogP contribution in [0.15, 0.2) is 52.9 Å². The van der Waals surface area contributed by atoms with Crippen molar-refractivity contribution in [2.75, 3.05) is 0 Å². The van der Waals surface area contributed by atoms with Gasteiger partial charge in [0.2, 0.25) is 0 Å². The van der Waals surface area contributed by atoms with E-state index in [4.69, 9.17) is 4.42 Å². The number of hydrogen-bond donors (Lipinski definition) is 0. The van der Waals surface area contributed by atoms with Crippen LogP contribution in [0.3, 0.4) is 0 Å². The molecule has 0 aliphatic carbocycles. The van der Waals surface area contributed by atoms with Gasteiger partial charge in [0.05, 0.1) is 0 Å². The number of benzene rings is 2. The number of rotatable bonds is 0. The Bertz CT molecular complexity index is 872. The Hall–Kier alpha value is -2.28. The van der Waals surface area contributed by atoms with Crippen LogP contribution >= 0.6 is 0 Å². The maximum absolute atomic E-state index is 5.67. The molecule has 0 atom stereocenters. The Morgan fingerprint density at radius 1 is 0.824 bits per heavy atom. The van der Waals surface area contributed by atoms with Gasteiger partial charge in [0.15, 0.2) is 0 Å². The topological polar surface area (TPSA) is 13.1 Å². The molecule has 1 aromatic heterocycles. The molecule has 82 valence electrons. The van der Waals surface area contributed by atoms with Gasteiger partial charge in [0, 0.05) is 10.6 Å². The molecule has 0 saturated heterocycles. The molecule has 17 heavy (non-hydrogen) atoms. The molecule has 0 amide bonds. The number of fused-ring (bicyclic) bond motifs is 1. The second kappa shape index (κ2) is 3.63. The zero-order chi connectivity index (χ0) is 11.8. The van der Waals surface area contributed by atoms with Gasteiger partial charge < -0.3 is 4.42 Å². The van der Waals surface area contributed by atoms with Crippen LogP contribution < -0.4 is 10.6 Å². The first-order valence-corrected chi connectivity index (χ1v) is 5.52. The lowest BCUT2D eigenvalue weighted by Crippen LogP contribution is -2.03. The maximum atomic E-state index is 5.67. The van der Waals surface area contributed by atoms with Gasteiger partial charge in [-0.3, -0.25) is 0 Å². The van der Waals surface area contributed by atoms with Crippen molar-refractivity contribution in [3.63, 3.8) is 0 Å². The van der Waals surface area contributed by atoms with Crippen LogP contribution in [-0.4, -0.2) is 0 Å². The van der Waals surface area contributed by atoms with E-state index in [0.29, 0.717) is 5.42 Å². The average molecular weight is 220 g/mol. The van der Waals surface area contributed by atoms with Crippen LogP contribution in [0.5, 0.6) is 0 Å². The monoisotopic (exact) mass is 220 g/mol. The van der Waals surface area contributed by atoms with E-state index >= 15 is 0 Å². The second-order valence-electron chi connectivity index (χ2n) is 4.05. The van der Waals surface area contributed by atoms with E-state index in [1.165, 1.54) is 0 Å². The number of para-hydroxylation sites is 1. The van der Waals surface area contributed by atoms with Gasteiger partial charge in [-0.15, -0.1) is 0 Å². The molecular formula is C16H12O. The Kier molecular flexibility index (Phi) is 2.12. The van der Waals surface area contributed by atoms with Crippen molar-refractivity contribution in [3.05, 3.63) is 69.6 Å². The first kappa shape index (κ1) is 9.91. The van der Waals surface area contributed by atoms with Crippen molar-refractivity contribution < 1.29 is 4.42 Å². The molecule has 3 aromatic rings. The highest BCUT2D eigenvalue weighted by Gasteiger charge is 2.00. The zero-order valence-electron chi connectivity index (χ0n) is 9.44. The number of hydrogen-bond acceptors (Lipinski definition) is 1. The summed E-state index contributed by atoms with van der Waals surface area (Å²) in [6.45, 7) is 8.04. The number of furan rings is 1. The summed E-state index contributed by atoms with van der Waals surface area (Å²) in [5, 5.41) is 4.21. The SMILES string of the molecule is C=c1cccc/c1=c1/c(=C)oc2ccccc12. The smallest absolute Gasteiger partial charge is 0.135 e. The summed E-state index contributed by atoms with van der Waals surface area (Å²) < 4.78 is 5.67. The van der Waals surface area contributed by atoms with Crippen molar-refractivity contribution in [2.24, 2.45) is 0 Å². The highest BCUT2D eigenvalue weighted by Crippen LogP contribution is 2.12. The fourth-order valence-corrected chi connectivity index (χ4v) is 2.16. The maximum Gasteiger partial charge on any atom is 0.135 e. The first-order valence-electron chi connectivity index (χ1n) is 5.52. The lowest BCUT2D eigenvalue weighted by Gasteiger charge is -1.88. The Morgan fingerprint density at radius 2 is 1.53 bits per heavy atom. The highest BCUT2D eigenvalue weighted by atomic mass is 16.3. The molecule has 2 aromatic carbocycles. The summed E-state index contributed by atoms with van der Waals surface area (Å²) >= 11 is 0. The molecule has 0 bridgehead atoms. The minimum absolute atomic E-state index is 0.697.